The molecule has 0 heterocycles. The summed E-state index contributed by atoms with van der Waals surface area (Å²) in [7, 11) is -1.55. The van der Waals surface area contributed by atoms with Gasteiger partial charge in [-0.15, -0.1) is 0 Å². The predicted molar refractivity (Wildman–Crippen MR) is 67.6 cm³/mol. The van der Waals surface area contributed by atoms with E-state index >= 15 is 0 Å². The quantitative estimate of drug-likeness (QED) is 0.864. The molecule has 96 valence electrons. The maximum atomic E-state index is 13.8. The van der Waals surface area contributed by atoms with E-state index in [0.717, 1.165) is 6.07 Å². The van der Waals surface area contributed by atoms with Gasteiger partial charge < -0.3 is 0 Å². The molecule has 0 spiro atoms. The topological polar surface area (TPSA) is 40.9 Å². The van der Waals surface area contributed by atoms with Crippen molar-refractivity contribution in [3.8, 4) is 6.07 Å². The van der Waals surface area contributed by atoms with Gasteiger partial charge in [0.15, 0.2) is 0 Å². The predicted octanol–water partition coefficient (Wildman–Crippen LogP) is 3.14. The number of nitrogens with zero attached hydrogens (tertiary/aromatic N) is 1. The van der Waals surface area contributed by atoms with E-state index in [1.165, 1.54) is 36.4 Å². The maximum absolute atomic E-state index is 13.8. The highest BCUT2D eigenvalue weighted by atomic mass is 32.2. The maximum Gasteiger partial charge on any atom is 0.145 e. The van der Waals surface area contributed by atoms with Crippen LogP contribution in [0.15, 0.2) is 47.4 Å². The van der Waals surface area contributed by atoms with Gasteiger partial charge in [-0.05, 0) is 24.3 Å². The minimum atomic E-state index is -1.55. The molecule has 2 rings (SSSR count). The fourth-order valence-corrected chi connectivity index (χ4v) is 2.76. The highest BCUT2D eigenvalue weighted by Crippen LogP contribution is 2.18. The van der Waals surface area contributed by atoms with E-state index in [9.17, 15) is 13.0 Å². The molecular formula is C14H9F2NOS. The summed E-state index contributed by atoms with van der Waals surface area (Å²) in [5.41, 5.74) is 0.0930. The summed E-state index contributed by atoms with van der Waals surface area (Å²) < 4.78 is 38.8. The first-order valence-corrected chi connectivity index (χ1v) is 6.75. The van der Waals surface area contributed by atoms with Gasteiger partial charge in [-0.3, -0.25) is 4.21 Å². The molecule has 19 heavy (non-hydrogen) atoms. The molecule has 2 nitrogen and oxygen atoms in total. The van der Waals surface area contributed by atoms with Crippen molar-refractivity contribution in [1.29, 1.82) is 5.26 Å². The van der Waals surface area contributed by atoms with Crippen molar-refractivity contribution < 1.29 is 13.0 Å². The van der Waals surface area contributed by atoms with Crippen molar-refractivity contribution in [1.82, 2.24) is 0 Å². The van der Waals surface area contributed by atoms with Crippen LogP contribution in [0, 0.1) is 23.0 Å². The van der Waals surface area contributed by atoms with Gasteiger partial charge in [-0.2, -0.15) is 5.26 Å². The smallest absolute Gasteiger partial charge is 0.145 e. The van der Waals surface area contributed by atoms with Crippen molar-refractivity contribution in [3.05, 3.63) is 65.2 Å². The Kier molecular flexibility index (Phi) is 4.03. The molecule has 1 atom stereocenters. The summed E-state index contributed by atoms with van der Waals surface area (Å²) >= 11 is 0. The second kappa shape index (κ2) is 5.72. The van der Waals surface area contributed by atoms with Gasteiger partial charge in [-0.1, -0.05) is 18.2 Å². The summed E-state index contributed by atoms with van der Waals surface area (Å²) in [6, 6.07) is 11.4. The summed E-state index contributed by atoms with van der Waals surface area (Å²) in [6.07, 6.45) is 0. The Morgan fingerprint density at radius 1 is 1.16 bits per heavy atom. The van der Waals surface area contributed by atoms with Crippen LogP contribution in [0.25, 0.3) is 0 Å². The zero-order valence-electron chi connectivity index (χ0n) is 9.77. The Balaban J connectivity index is 2.27. The average molecular weight is 277 g/mol. The molecule has 0 saturated carbocycles. The Bertz CT molecular complexity index is 679. The fourth-order valence-electron chi connectivity index (χ4n) is 1.61. The van der Waals surface area contributed by atoms with Crippen molar-refractivity contribution >= 4 is 10.8 Å². The number of hydrogen-bond donors (Lipinski definition) is 0. The monoisotopic (exact) mass is 277 g/mol. The van der Waals surface area contributed by atoms with E-state index in [2.05, 4.69) is 0 Å². The van der Waals surface area contributed by atoms with Crippen LogP contribution in [0.3, 0.4) is 0 Å². The Hall–Kier alpha value is -2.06. The number of nitriles is 1. The Morgan fingerprint density at radius 3 is 2.58 bits per heavy atom. The van der Waals surface area contributed by atoms with Crippen LogP contribution in [0.1, 0.15) is 11.1 Å². The van der Waals surface area contributed by atoms with Crippen LogP contribution >= 0.6 is 0 Å². The van der Waals surface area contributed by atoms with Gasteiger partial charge in [-0.25, -0.2) is 8.78 Å². The highest BCUT2D eigenvalue weighted by Gasteiger charge is 2.12. The molecule has 1 unspecified atom stereocenters. The third-order valence-corrected chi connectivity index (χ3v) is 3.90. The number of benzene rings is 2. The first-order chi connectivity index (χ1) is 9.11. The minimum absolute atomic E-state index is 0.0891. The molecule has 0 radical (unpaired) electrons. The second-order valence-corrected chi connectivity index (χ2v) is 5.29. The molecule has 0 amide bonds. The molecule has 5 heteroatoms. The molecule has 0 aliphatic heterocycles. The molecule has 2 aromatic rings. The van der Waals surface area contributed by atoms with E-state index in [1.54, 1.807) is 6.07 Å². The van der Waals surface area contributed by atoms with Crippen LogP contribution in [0.4, 0.5) is 8.78 Å². The van der Waals surface area contributed by atoms with Crippen LogP contribution in [0.5, 0.6) is 0 Å². The third-order valence-electron chi connectivity index (χ3n) is 2.54. The molecule has 0 aliphatic rings. The molecule has 2 aromatic carbocycles. The highest BCUT2D eigenvalue weighted by molar-refractivity contribution is 7.84. The van der Waals surface area contributed by atoms with Gasteiger partial charge in [0.05, 0.1) is 22.1 Å². The van der Waals surface area contributed by atoms with Gasteiger partial charge in [0.25, 0.3) is 0 Å². The first-order valence-electron chi connectivity index (χ1n) is 5.43. The average Bonchev–Trinajstić information content (AvgIpc) is 2.41. The van der Waals surface area contributed by atoms with Gasteiger partial charge in [0, 0.05) is 10.5 Å². The van der Waals surface area contributed by atoms with Crippen LogP contribution < -0.4 is 0 Å². The fraction of sp³-hybridized carbons (Fsp3) is 0.0714. The standard InChI is InChI=1S/C14H9F2NOS/c15-12-5-2-6-13(7-12)19(18)9-11-4-1-3-10(8-17)14(11)16/h1-7H,9H2. The number of hydrogen-bond acceptors (Lipinski definition) is 2. The SMILES string of the molecule is N#Cc1cccc(CS(=O)c2cccc(F)c2)c1F. The largest absolute Gasteiger partial charge is 0.254 e. The van der Waals surface area contributed by atoms with Gasteiger partial charge >= 0.3 is 0 Å². The summed E-state index contributed by atoms with van der Waals surface area (Å²) in [6.45, 7) is 0. The first kappa shape index (κ1) is 13.4. The molecule has 0 aromatic heterocycles. The number of halogens is 2. The zero-order valence-corrected chi connectivity index (χ0v) is 10.6. The summed E-state index contributed by atoms with van der Waals surface area (Å²) in [5, 5.41) is 8.71. The zero-order chi connectivity index (χ0) is 13.8. The van der Waals surface area contributed by atoms with Crippen LogP contribution in [-0.4, -0.2) is 4.21 Å². The second-order valence-electron chi connectivity index (χ2n) is 3.84. The van der Waals surface area contributed by atoms with Crippen molar-refractivity contribution in [2.75, 3.05) is 0 Å². The lowest BCUT2D eigenvalue weighted by Gasteiger charge is -2.05. The Labute approximate surface area is 111 Å². The van der Waals surface area contributed by atoms with E-state index in [-0.39, 0.29) is 16.9 Å². The van der Waals surface area contributed by atoms with Crippen molar-refractivity contribution in [2.45, 2.75) is 10.6 Å². The van der Waals surface area contributed by atoms with Crippen LogP contribution in [-0.2, 0) is 16.6 Å². The minimum Gasteiger partial charge on any atom is -0.254 e. The molecule has 0 saturated heterocycles. The van der Waals surface area contributed by atoms with Crippen LogP contribution in [0.2, 0.25) is 0 Å². The molecule has 0 N–H and O–H groups in total. The van der Waals surface area contributed by atoms with Crippen molar-refractivity contribution in [2.24, 2.45) is 0 Å². The Morgan fingerprint density at radius 2 is 1.89 bits per heavy atom. The summed E-state index contributed by atoms with van der Waals surface area (Å²) in [4.78, 5) is 0.293. The lowest BCUT2D eigenvalue weighted by Crippen LogP contribution is -2.01. The normalized spacial score (nSPS) is 11.8. The third kappa shape index (κ3) is 3.04. The summed E-state index contributed by atoms with van der Waals surface area (Å²) in [5.74, 6) is -1.25. The van der Waals surface area contributed by atoms with E-state index in [0.29, 0.717) is 4.90 Å². The van der Waals surface area contributed by atoms with E-state index in [1.807, 2.05) is 0 Å². The lowest BCUT2D eigenvalue weighted by molar-refractivity contribution is 0.611. The number of rotatable bonds is 3. The molecule has 0 fully saturated rings. The van der Waals surface area contributed by atoms with Gasteiger partial charge in [0.2, 0.25) is 0 Å². The van der Waals surface area contributed by atoms with Crippen molar-refractivity contribution in [3.63, 3.8) is 0 Å². The van der Waals surface area contributed by atoms with E-state index < -0.39 is 22.4 Å². The lowest BCUT2D eigenvalue weighted by atomic mass is 10.1. The van der Waals surface area contributed by atoms with Gasteiger partial charge in [0.1, 0.15) is 17.7 Å². The molecule has 0 bridgehead atoms. The molecular weight excluding hydrogens is 268 g/mol. The molecule has 0 aliphatic carbocycles. The van der Waals surface area contributed by atoms with E-state index in [4.69, 9.17) is 5.26 Å².